The number of nitrogens with two attached hydrogens (primary N) is 1. The van der Waals surface area contributed by atoms with Crippen molar-refractivity contribution < 1.29 is 14.7 Å². The van der Waals surface area contributed by atoms with Gasteiger partial charge in [-0.15, -0.1) is 0 Å². The maximum absolute atomic E-state index is 11.7. The fourth-order valence-corrected chi connectivity index (χ4v) is 1.55. The lowest BCUT2D eigenvalue weighted by Crippen LogP contribution is -2.37. The first-order chi connectivity index (χ1) is 8.69. The summed E-state index contributed by atoms with van der Waals surface area (Å²) in [5.74, 6) is -1.46. The molecule has 7 heteroatoms. The number of nitrogens with one attached hydrogen (secondary N) is 1. The summed E-state index contributed by atoms with van der Waals surface area (Å²) in [7, 11) is 1.68. The molecular weight excluding hydrogens is 248 g/mol. The van der Waals surface area contributed by atoms with E-state index in [4.69, 9.17) is 10.8 Å². The van der Waals surface area contributed by atoms with Crippen LogP contribution in [0.15, 0.2) is 12.4 Å². The van der Waals surface area contributed by atoms with Crippen molar-refractivity contribution in [2.75, 3.05) is 0 Å². The Labute approximate surface area is 111 Å². The zero-order valence-corrected chi connectivity index (χ0v) is 11.4. The number of hydrogen-bond acceptors (Lipinski definition) is 4. The summed E-state index contributed by atoms with van der Waals surface area (Å²) in [5.41, 5.74) is 5.77. The predicted molar refractivity (Wildman–Crippen MR) is 69.2 cm³/mol. The van der Waals surface area contributed by atoms with Crippen LogP contribution in [0.5, 0.6) is 0 Å². The van der Waals surface area contributed by atoms with Gasteiger partial charge >= 0.3 is 5.97 Å². The second kappa shape index (κ2) is 5.83. The molecule has 1 aromatic rings. The standard InChI is InChI=1S/C12H20N4O3/c1-12(2,13)5-4-9(17)15-10(11(18)19)8-6-14-16(3)7-8/h6-7,10H,4-5,13H2,1-3H3,(H,15,17)(H,18,19). The molecule has 1 heterocycles. The van der Waals surface area contributed by atoms with Gasteiger partial charge in [-0.25, -0.2) is 4.79 Å². The maximum atomic E-state index is 11.7. The van der Waals surface area contributed by atoms with Crippen LogP contribution in [0.4, 0.5) is 0 Å². The van der Waals surface area contributed by atoms with E-state index in [1.807, 2.05) is 13.8 Å². The van der Waals surface area contributed by atoms with E-state index in [2.05, 4.69) is 10.4 Å². The van der Waals surface area contributed by atoms with E-state index >= 15 is 0 Å². The van der Waals surface area contributed by atoms with E-state index < -0.39 is 17.6 Å². The number of aliphatic carboxylic acids is 1. The number of aryl methyl sites for hydroxylation is 1. The van der Waals surface area contributed by atoms with Crippen LogP contribution in [-0.4, -0.2) is 32.3 Å². The Morgan fingerprint density at radius 3 is 2.63 bits per heavy atom. The number of nitrogens with zero attached hydrogens (tertiary/aromatic N) is 2. The molecule has 0 saturated heterocycles. The zero-order chi connectivity index (χ0) is 14.6. The van der Waals surface area contributed by atoms with E-state index in [9.17, 15) is 9.59 Å². The lowest BCUT2D eigenvalue weighted by Gasteiger charge is -2.19. The second-order valence-corrected chi connectivity index (χ2v) is 5.27. The van der Waals surface area contributed by atoms with Gasteiger partial charge in [-0.05, 0) is 20.3 Å². The lowest BCUT2D eigenvalue weighted by atomic mass is 9.99. The van der Waals surface area contributed by atoms with Gasteiger partial charge in [0.05, 0.1) is 6.20 Å². The topological polar surface area (TPSA) is 110 Å². The number of carbonyl (C=O) groups is 2. The molecule has 19 heavy (non-hydrogen) atoms. The molecule has 0 fully saturated rings. The molecule has 1 aromatic heterocycles. The number of carbonyl (C=O) groups excluding carboxylic acids is 1. The molecule has 0 bridgehead atoms. The van der Waals surface area contributed by atoms with Gasteiger partial charge in [-0.1, -0.05) is 0 Å². The highest BCUT2D eigenvalue weighted by atomic mass is 16.4. The summed E-state index contributed by atoms with van der Waals surface area (Å²) in [6, 6.07) is -1.08. The van der Waals surface area contributed by atoms with Crippen LogP contribution in [0.25, 0.3) is 0 Å². The molecule has 0 aliphatic carbocycles. The highest BCUT2D eigenvalue weighted by Crippen LogP contribution is 2.13. The Morgan fingerprint density at radius 1 is 1.58 bits per heavy atom. The molecule has 1 atom stereocenters. The third kappa shape index (κ3) is 5.09. The number of rotatable bonds is 6. The Balaban J connectivity index is 2.65. The largest absolute Gasteiger partial charge is 0.479 e. The molecule has 0 aliphatic rings. The average Bonchev–Trinajstić information content (AvgIpc) is 2.68. The van der Waals surface area contributed by atoms with Crippen molar-refractivity contribution in [1.29, 1.82) is 0 Å². The molecule has 1 unspecified atom stereocenters. The molecule has 1 rings (SSSR count). The van der Waals surface area contributed by atoms with Crippen molar-refractivity contribution in [2.24, 2.45) is 12.8 Å². The van der Waals surface area contributed by atoms with E-state index in [1.54, 1.807) is 13.2 Å². The highest BCUT2D eigenvalue weighted by molar-refractivity contribution is 5.84. The maximum Gasteiger partial charge on any atom is 0.331 e. The minimum Gasteiger partial charge on any atom is -0.479 e. The summed E-state index contributed by atoms with van der Waals surface area (Å²) < 4.78 is 1.49. The monoisotopic (exact) mass is 268 g/mol. The number of carboxylic acid groups (broad SMARTS) is 1. The molecule has 4 N–H and O–H groups in total. The molecule has 106 valence electrons. The lowest BCUT2D eigenvalue weighted by molar-refractivity contribution is -0.142. The highest BCUT2D eigenvalue weighted by Gasteiger charge is 2.24. The first-order valence-corrected chi connectivity index (χ1v) is 5.98. The Morgan fingerprint density at radius 2 is 2.21 bits per heavy atom. The fourth-order valence-electron chi connectivity index (χ4n) is 1.55. The quantitative estimate of drug-likeness (QED) is 0.681. The first kappa shape index (κ1) is 15.2. The van der Waals surface area contributed by atoms with Crippen molar-refractivity contribution >= 4 is 11.9 Å². The summed E-state index contributed by atoms with van der Waals surface area (Å²) >= 11 is 0. The van der Waals surface area contributed by atoms with E-state index in [0.29, 0.717) is 12.0 Å². The minimum absolute atomic E-state index is 0.188. The van der Waals surface area contributed by atoms with E-state index in [1.165, 1.54) is 10.9 Å². The van der Waals surface area contributed by atoms with Crippen LogP contribution in [0, 0.1) is 0 Å². The second-order valence-electron chi connectivity index (χ2n) is 5.27. The van der Waals surface area contributed by atoms with Crippen LogP contribution in [-0.2, 0) is 16.6 Å². The van der Waals surface area contributed by atoms with Crippen LogP contribution in [0.3, 0.4) is 0 Å². The predicted octanol–water partition coefficient (Wildman–Crippen LogP) is 0.180. The van der Waals surface area contributed by atoms with Crippen LogP contribution < -0.4 is 11.1 Å². The first-order valence-electron chi connectivity index (χ1n) is 5.98. The number of carboxylic acids is 1. The van der Waals surface area contributed by atoms with Crippen LogP contribution >= 0.6 is 0 Å². The smallest absolute Gasteiger partial charge is 0.331 e. The Hall–Kier alpha value is -1.89. The third-order valence-corrected chi connectivity index (χ3v) is 2.61. The third-order valence-electron chi connectivity index (χ3n) is 2.61. The normalized spacial score (nSPS) is 13.1. The molecule has 0 radical (unpaired) electrons. The Kier molecular flexibility index (Phi) is 4.66. The van der Waals surface area contributed by atoms with Gasteiger partial charge in [0, 0.05) is 30.8 Å². The van der Waals surface area contributed by atoms with Crippen LogP contribution in [0.2, 0.25) is 0 Å². The summed E-state index contributed by atoms with van der Waals surface area (Å²) in [6.07, 6.45) is 3.66. The SMILES string of the molecule is Cn1cc(C(NC(=O)CCC(C)(C)N)C(=O)O)cn1. The van der Waals surface area contributed by atoms with Gasteiger partial charge in [0.25, 0.3) is 0 Å². The van der Waals surface area contributed by atoms with Gasteiger partial charge in [0.2, 0.25) is 5.91 Å². The Bertz CT molecular complexity index is 462. The van der Waals surface area contributed by atoms with Gasteiger partial charge in [0.15, 0.2) is 6.04 Å². The number of aromatic nitrogens is 2. The van der Waals surface area contributed by atoms with E-state index in [-0.39, 0.29) is 12.3 Å². The molecule has 0 aliphatic heterocycles. The molecule has 7 nitrogen and oxygen atoms in total. The average molecular weight is 268 g/mol. The van der Waals surface area contributed by atoms with Crippen molar-refractivity contribution in [3.05, 3.63) is 18.0 Å². The summed E-state index contributed by atoms with van der Waals surface area (Å²) in [5, 5.41) is 15.5. The molecule has 0 saturated carbocycles. The van der Waals surface area contributed by atoms with Gasteiger partial charge < -0.3 is 16.2 Å². The number of hydrogen-bond donors (Lipinski definition) is 3. The molecule has 0 aromatic carbocycles. The fraction of sp³-hybridized carbons (Fsp3) is 0.583. The minimum atomic E-state index is -1.12. The zero-order valence-electron chi connectivity index (χ0n) is 11.4. The number of amides is 1. The van der Waals surface area contributed by atoms with E-state index in [0.717, 1.165) is 0 Å². The molecule has 0 spiro atoms. The van der Waals surface area contributed by atoms with Gasteiger partial charge in [-0.2, -0.15) is 5.10 Å². The van der Waals surface area contributed by atoms with Gasteiger partial charge in [0.1, 0.15) is 0 Å². The van der Waals surface area contributed by atoms with Crippen molar-refractivity contribution in [3.8, 4) is 0 Å². The van der Waals surface area contributed by atoms with Gasteiger partial charge in [-0.3, -0.25) is 9.48 Å². The van der Waals surface area contributed by atoms with Crippen molar-refractivity contribution in [1.82, 2.24) is 15.1 Å². The molecule has 1 amide bonds. The summed E-state index contributed by atoms with van der Waals surface area (Å²) in [4.78, 5) is 22.9. The molecular formula is C12H20N4O3. The van der Waals surface area contributed by atoms with Crippen LogP contribution in [0.1, 0.15) is 38.3 Å². The van der Waals surface area contributed by atoms with Crippen molar-refractivity contribution in [3.63, 3.8) is 0 Å². The summed E-state index contributed by atoms with van der Waals surface area (Å²) in [6.45, 7) is 3.63. The van der Waals surface area contributed by atoms with Crippen molar-refractivity contribution in [2.45, 2.75) is 38.3 Å².